The number of hydrogen-bond acceptors (Lipinski definition) is 5. The normalized spacial score (nSPS) is 15.0. The number of rotatable bonds is 2. The maximum Gasteiger partial charge on any atom is 0.586 e. The van der Waals surface area contributed by atoms with Gasteiger partial charge in [0.1, 0.15) is 0 Å². The summed E-state index contributed by atoms with van der Waals surface area (Å²) >= 11 is 1.25. The molecular formula is C13H10F2N2O3S. The number of amides is 1. The van der Waals surface area contributed by atoms with Crippen molar-refractivity contribution < 1.29 is 23.0 Å². The summed E-state index contributed by atoms with van der Waals surface area (Å²) in [6, 6.07) is 5.60. The van der Waals surface area contributed by atoms with Crippen molar-refractivity contribution in [2.75, 3.05) is 11.1 Å². The van der Waals surface area contributed by atoms with Gasteiger partial charge in [-0.2, -0.15) is 0 Å². The smallest absolute Gasteiger partial charge is 0.398 e. The van der Waals surface area contributed by atoms with Gasteiger partial charge in [0.25, 0.3) is 5.91 Å². The molecule has 3 rings (SSSR count). The molecule has 0 bridgehead atoms. The highest BCUT2D eigenvalue weighted by molar-refractivity contribution is 7.14. The molecule has 0 spiro atoms. The molecule has 2 heterocycles. The molecule has 0 unspecified atom stereocenters. The summed E-state index contributed by atoms with van der Waals surface area (Å²) in [5, 5.41) is 2.59. The zero-order chi connectivity index (χ0) is 15.2. The molecule has 0 saturated heterocycles. The third-order valence-electron chi connectivity index (χ3n) is 2.84. The van der Waals surface area contributed by atoms with Gasteiger partial charge < -0.3 is 20.5 Å². The van der Waals surface area contributed by atoms with Crippen LogP contribution in [0.15, 0.2) is 24.3 Å². The van der Waals surface area contributed by atoms with Gasteiger partial charge in [-0.3, -0.25) is 4.79 Å². The van der Waals surface area contributed by atoms with Crippen molar-refractivity contribution in [2.45, 2.75) is 13.2 Å². The number of nitrogens with two attached hydrogens (primary N) is 1. The van der Waals surface area contributed by atoms with Crippen molar-refractivity contribution in [1.29, 1.82) is 0 Å². The molecule has 5 nitrogen and oxygen atoms in total. The first-order valence-electron chi connectivity index (χ1n) is 5.91. The minimum absolute atomic E-state index is 0.0748. The van der Waals surface area contributed by atoms with E-state index in [1.54, 1.807) is 13.0 Å². The van der Waals surface area contributed by atoms with E-state index in [0.29, 0.717) is 16.3 Å². The van der Waals surface area contributed by atoms with Crippen LogP contribution in [0.1, 0.15) is 14.5 Å². The number of thiophene rings is 1. The highest BCUT2D eigenvalue weighted by atomic mass is 32.1. The number of halogens is 2. The average Bonchev–Trinajstić information content (AvgIpc) is 2.87. The number of alkyl halides is 2. The Morgan fingerprint density at radius 1 is 1.29 bits per heavy atom. The second kappa shape index (κ2) is 4.59. The fraction of sp³-hybridized carbons (Fsp3) is 0.154. The van der Waals surface area contributed by atoms with Crippen LogP contribution in [0.3, 0.4) is 0 Å². The third kappa shape index (κ3) is 2.62. The summed E-state index contributed by atoms with van der Waals surface area (Å²) in [5.41, 5.74) is 6.55. The maximum atomic E-state index is 12.9. The molecule has 1 aromatic carbocycles. The number of aryl methyl sites for hydroxylation is 1. The molecule has 0 fully saturated rings. The van der Waals surface area contributed by atoms with E-state index in [4.69, 9.17) is 5.73 Å². The topological polar surface area (TPSA) is 73.6 Å². The first-order chi connectivity index (χ1) is 9.84. The van der Waals surface area contributed by atoms with Crippen molar-refractivity contribution in [3.63, 3.8) is 0 Å². The number of nitrogen functional groups attached to an aromatic ring is 1. The molecular weight excluding hydrogens is 302 g/mol. The molecule has 0 saturated carbocycles. The molecule has 0 radical (unpaired) electrons. The molecule has 0 aliphatic carbocycles. The summed E-state index contributed by atoms with van der Waals surface area (Å²) in [6.07, 6.45) is -3.68. The molecule has 0 atom stereocenters. The molecule has 8 heteroatoms. The Kier molecular flexibility index (Phi) is 2.98. The highest BCUT2D eigenvalue weighted by Crippen LogP contribution is 2.42. The van der Waals surface area contributed by atoms with Crippen LogP contribution in [-0.2, 0) is 0 Å². The van der Waals surface area contributed by atoms with Gasteiger partial charge in [0.15, 0.2) is 11.5 Å². The van der Waals surface area contributed by atoms with E-state index >= 15 is 0 Å². The summed E-state index contributed by atoms with van der Waals surface area (Å²) < 4.78 is 34.4. The molecule has 110 valence electrons. The lowest BCUT2D eigenvalue weighted by Crippen LogP contribution is -2.25. The standard InChI is InChI=1S/C13H10F2N2O3S/c1-6-8(16)5-11(21-6)12(18)17-7-2-3-9-10(4-7)20-13(14,15)19-9/h2-5H,16H2,1H3,(H,17,18). The van der Waals surface area contributed by atoms with E-state index in [9.17, 15) is 13.6 Å². The Balaban J connectivity index is 1.79. The van der Waals surface area contributed by atoms with E-state index in [0.717, 1.165) is 4.88 Å². The first-order valence-corrected chi connectivity index (χ1v) is 6.73. The van der Waals surface area contributed by atoms with Crippen molar-refractivity contribution in [3.8, 4) is 11.5 Å². The number of nitrogens with one attached hydrogen (secondary N) is 1. The summed E-state index contributed by atoms with van der Waals surface area (Å²) in [5.74, 6) is -0.570. The minimum Gasteiger partial charge on any atom is -0.398 e. The SMILES string of the molecule is Cc1sc(C(=O)Nc2ccc3c(c2)OC(F)(F)O3)cc1N. The van der Waals surface area contributed by atoms with Gasteiger partial charge in [-0.05, 0) is 25.1 Å². The lowest BCUT2D eigenvalue weighted by molar-refractivity contribution is -0.286. The number of carbonyl (C=O) groups excluding carboxylic acids is 1. The fourth-order valence-corrected chi connectivity index (χ4v) is 2.66. The molecule has 1 aromatic heterocycles. The Morgan fingerprint density at radius 3 is 2.67 bits per heavy atom. The predicted octanol–water partition coefficient (Wildman–Crippen LogP) is 3.21. The summed E-state index contributed by atoms with van der Waals surface area (Å²) in [4.78, 5) is 13.3. The van der Waals surface area contributed by atoms with Crippen LogP contribution in [0, 0.1) is 6.92 Å². The molecule has 1 amide bonds. The van der Waals surface area contributed by atoms with Gasteiger partial charge >= 0.3 is 6.29 Å². The zero-order valence-corrected chi connectivity index (χ0v) is 11.6. The van der Waals surface area contributed by atoms with Crippen LogP contribution in [0.4, 0.5) is 20.2 Å². The minimum atomic E-state index is -3.68. The Hall–Kier alpha value is -2.35. The quantitative estimate of drug-likeness (QED) is 0.893. The maximum absolute atomic E-state index is 12.9. The first kappa shape index (κ1) is 13.6. The van der Waals surface area contributed by atoms with E-state index in [1.807, 2.05) is 0 Å². The molecule has 1 aliphatic heterocycles. The van der Waals surface area contributed by atoms with E-state index in [2.05, 4.69) is 14.8 Å². The van der Waals surface area contributed by atoms with Crippen LogP contribution in [0.2, 0.25) is 0 Å². The van der Waals surface area contributed by atoms with Crippen LogP contribution >= 0.6 is 11.3 Å². The number of anilines is 2. The fourth-order valence-electron chi connectivity index (χ4n) is 1.83. The lowest BCUT2D eigenvalue weighted by Gasteiger charge is -2.05. The molecule has 1 aliphatic rings. The molecule has 3 N–H and O–H groups in total. The van der Waals surface area contributed by atoms with Crippen molar-refractivity contribution in [3.05, 3.63) is 34.0 Å². The van der Waals surface area contributed by atoms with Crippen molar-refractivity contribution >= 4 is 28.6 Å². The van der Waals surface area contributed by atoms with Gasteiger partial charge in [-0.25, -0.2) is 0 Å². The van der Waals surface area contributed by atoms with E-state index in [1.165, 1.54) is 29.5 Å². The zero-order valence-electron chi connectivity index (χ0n) is 10.8. The van der Waals surface area contributed by atoms with Gasteiger partial charge in [0, 0.05) is 22.3 Å². The van der Waals surface area contributed by atoms with Gasteiger partial charge in [-0.15, -0.1) is 20.1 Å². The Morgan fingerprint density at radius 2 is 2.00 bits per heavy atom. The summed E-state index contributed by atoms with van der Waals surface area (Å²) in [6.45, 7) is 1.80. The molecule has 21 heavy (non-hydrogen) atoms. The van der Waals surface area contributed by atoms with Crippen LogP contribution in [0.25, 0.3) is 0 Å². The Bertz CT molecular complexity index is 711. The average molecular weight is 312 g/mol. The summed E-state index contributed by atoms with van der Waals surface area (Å²) in [7, 11) is 0. The Labute approximate surface area is 122 Å². The number of fused-ring (bicyclic) bond motifs is 1. The van der Waals surface area contributed by atoms with Crippen LogP contribution in [-0.4, -0.2) is 12.2 Å². The van der Waals surface area contributed by atoms with Gasteiger partial charge in [0.05, 0.1) is 4.88 Å². The highest BCUT2D eigenvalue weighted by Gasteiger charge is 2.43. The van der Waals surface area contributed by atoms with E-state index in [-0.39, 0.29) is 17.4 Å². The van der Waals surface area contributed by atoms with Gasteiger partial charge in [-0.1, -0.05) is 0 Å². The lowest BCUT2D eigenvalue weighted by atomic mass is 10.2. The number of hydrogen-bond donors (Lipinski definition) is 2. The second-order valence-corrected chi connectivity index (χ2v) is 5.66. The van der Waals surface area contributed by atoms with Crippen molar-refractivity contribution in [1.82, 2.24) is 0 Å². The van der Waals surface area contributed by atoms with Gasteiger partial charge in [0.2, 0.25) is 0 Å². The van der Waals surface area contributed by atoms with E-state index < -0.39 is 6.29 Å². The number of benzene rings is 1. The van der Waals surface area contributed by atoms with Crippen LogP contribution in [0.5, 0.6) is 11.5 Å². The largest absolute Gasteiger partial charge is 0.586 e. The second-order valence-electron chi connectivity index (χ2n) is 4.41. The number of carbonyl (C=O) groups is 1. The predicted molar refractivity (Wildman–Crippen MR) is 74.1 cm³/mol. The number of ether oxygens (including phenoxy) is 2. The molecule has 2 aromatic rings. The van der Waals surface area contributed by atoms with Crippen molar-refractivity contribution in [2.24, 2.45) is 0 Å². The van der Waals surface area contributed by atoms with Crippen LogP contribution < -0.4 is 20.5 Å². The monoisotopic (exact) mass is 312 g/mol. The third-order valence-corrected chi connectivity index (χ3v) is 3.90.